The zero-order valence-electron chi connectivity index (χ0n) is 8.02. The van der Waals surface area contributed by atoms with Crippen molar-refractivity contribution in [3.63, 3.8) is 0 Å². The van der Waals surface area contributed by atoms with E-state index in [1.54, 1.807) is 0 Å². The van der Waals surface area contributed by atoms with Crippen LogP contribution in [0, 0.1) is 0 Å². The maximum atomic E-state index is 5.44. The van der Waals surface area contributed by atoms with Gasteiger partial charge in [-0.15, -0.1) is 5.10 Å². The molecule has 0 radical (unpaired) electrons. The van der Waals surface area contributed by atoms with Crippen LogP contribution in [0.4, 0.5) is 5.82 Å². The molecule has 0 spiro atoms. The number of nitrogens with two attached hydrogens (primary N) is 1. The number of rotatable bonds is 2. The Labute approximate surface area is 82.9 Å². The van der Waals surface area contributed by atoms with Crippen LogP contribution >= 0.6 is 0 Å². The molecule has 0 aromatic carbocycles. The molecule has 0 bridgehead atoms. The zero-order chi connectivity index (χ0) is 9.80. The van der Waals surface area contributed by atoms with Gasteiger partial charge in [-0.3, -0.25) is 0 Å². The van der Waals surface area contributed by atoms with Crippen molar-refractivity contribution in [2.45, 2.75) is 6.54 Å². The van der Waals surface area contributed by atoms with Crippen LogP contribution in [0.25, 0.3) is 0 Å². The normalized spacial score (nSPS) is 17.1. The minimum absolute atomic E-state index is 0.441. The molecule has 0 atom stereocenters. The van der Waals surface area contributed by atoms with Crippen LogP contribution in [0.5, 0.6) is 0 Å². The molecule has 0 amide bonds. The van der Waals surface area contributed by atoms with Crippen molar-refractivity contribution in [1.82, 2.24) is 10.2 Å². The van der Waals surface area contributed by atoms with E-state index in [0.717, 1.165) is 37.8 Å². The van der Waals surface area contributed by atoms with E-state index in [4.69, 9.17) is 10.5 Å². The molecule has 2 heterocycles. The van der Waals surface area contributed by atoms with Crippen molar-refractivity contribution in [2.24, 2.45) is 5.73 Å². The predicted octanol–water partition coefficient (Wildman–Crippen LogP) is -0.228. The summed E-state index contributed by atoms with van der Waals surface area (Å²) in [6.07, 6.45) is 0. The summed E-state index contributed by atoms with van der Waals surface area (Å²) in [6.45, 7) is 3.74. The first-order valence-corrected chi connectivity index (χ1v) is 4.75. The number of morpholine rings is 1. The second-order valence-corrected chi connectivity index (χ2v) is 3.19. The van der Waals surface area contributed by atoms with Gasteiger partial charge in [0.25, 0.3) is 0 Å². The topological polar surface area (TPSA) is 64.3 Å². The van der Waals surface area contributed by atoms with Gasteiger partial charge in [0.15, 0.2) is 5.82 Å². The average Bonchev–Trinajstić information content (AvgIpc) is 2.30. The maximum Gasteiger partial charge on any atom is 0.151 e. The lowest BCUT2D eigenvalue weighted by Crippen LogP contribution is -2.36. The van der Waals surface area contributed by atoms with Crippen LogP contribution in [0.2, 0.25) is 0 Å². The van der Waals surface area contributed by atoms with E-state index in [2.05, 4.69) is 15.1 Å². The Kier molecular flexibility index (Phi) is 2.90. The quantitative estimate of drug-likeness (QED) is 0.704. The molecule has 1 fully saturated rings. The molecular formula is C9H14N4O. The van der Waals surface area contributed by atoms with Gasteiger partial charge in [0.1, 0.15) is 0 Å². The van der Waals surface area contributed by atoms with Crippen molar-refractivity contribution in [1.29, 1.82) is 0 Å². The highest BCUT2D eigenvalue weighted by Gasteiger charge is 2.12. The SMILES string of the molecule is NCc1ccc(N2CCOCC2)nn1. The third-order valence-electron chi connectivity index (χ3n) is 2.25. The number of hydrogen-bond donors (Lipinski definition) is 1. The van der Waals surface area contributed by atoms with Crippen LogP contribution in [-0.2, 0) is 11.3 Å². The second-order valence-electron chi connectivity index (χ2n) is 3.19. The summed E-state index contributed by atoms with van der Waals surface area (Å²) in [4.78, 5) is 2.16. The predicted molar refractivity (Wildman–Crippen MR) is 53.0 cm³/mol. The van der Waals surface area contributed by atoms with Crippen LogP contribution < -0.4 is 10.6 Å². The Bertz CT molecular complexity index is 281. The van der Waals surface area contributed by atoms with E-state index in [-0.39, 0.29) is 0 Å². The fourth-order valence-electron chi connectivity index (χ4n) is 1.42. The van der Waals surface area contributed by atoms with Crippen molar-refractivity contribution in [3.05, 3.63) is 17.8 Å². The average molecular weight is 194 g/mol. The molecule has 1 aromatic rings. The molecule has 76 valence electrons. The Morgan fingerprint density at radius 1 is 1.29 bits per heavy atom. The minimum Gasteiger partial charge on any atom is -0.378 e. The van der Waals surface area contributed by atoms with Gasteiger partial charge < -0.3 is 15.4 Å². The summed E-state index contributed by atoms with van der Waals surface area (Å²) < 4.78 is 5.26. The lowest BCUT2D eigenvalue weighted by Gasteiger charge is -2.27. The zero-order valence-corrected chi connectivity index (χ0v) is 8.02. The molecule has 14 heavy (non-hydrogen) atoms. The fourth-order valence-corrected chi connectivity index (χ4v) is 1.42. The Balaban J connectivity index is 2.07. The number of hydrogen-bond acceptors (Lipinski definition) is 5. The first kappa shape index (κ1) is 9.36. The van der Waals surface area contributed by atoms with Gasteiger partial charge >= 0.3 is 0 Å². The van der Waals surface area contributed by atoms with Crippen molar-refractivity contribution < 1.29 is 4.74 Å². The summed E-state index contributed by atoms with van der Waals surface area (Å²) >= 11 is 0. The van der Waals surface area contributed by atoms with Crippen LogP contribution in [0.3, 0.4) is 0 Å². The third kappa shape index (κ3) is 2.00. The van der Waals surface area contributed by atoms with Crippen molar-refractivity contribution >= 4 is 5.82 Å². The third-order valence-corrected chi connectivity index (χ3v) is 2.25. The van der Waals surface area contributed by atoms with E-state index >= 15 is 0 Å². The first-order chi connectivity index (χ1) is 6.90. The number of aromatic nitrogens is 2. The second kappa shape index (κ2) is 4.34. The molecule has 0 saturated carbocycles. The van der Waals surface area contributed by atoms with Gasteiger partial charge in [-0.2, -0.15) is 5.10 Å². The number of ether oxygens (including phenoxy) is 1. The molecule has 0 unspecified atom stereocenters. The Hall–Kier alpha value is -1.20. The summed E-state index contributed by atoms with van der Waals surface area (Å²) in [5, 5.41) is 8.13. The standard InChI is InChI=1S/C9H14N4O/c10-7-8-1-2-9(12-11-8)13-3-5-14-6-4-13/h1-2H,3-7,10H2. The van der Waals surface area contributed by atoms with Gasteiger partial charge in [0.2, 0.25) is 0 Å². The smallest absolute Gasteiger partial charge is 0.151 e. The molecule has 0 aliphatic carbocycles. The summed E-state index contributed by atoms with van der Waals surface area (Å²) in [7, 11) is 0. The van der Waals surface area contributed by atoms with Crippen molar-refractivity contribution in [3.8, 4) is 0 Å². The monoisotopic (exact) mass is 194 g/mol. The summed E-state index contributed by atoms with van der Waals surface area (Å²) in [5.41, 5.74) is 6.26. The van der Waals surface area contributed by atoms with Gasteiger partial charge in [-0.25, -0.2) is 0 Å². The highest BCUT2D eigenvalue weighted by atomic mass is 16.5. The largest absolute Gasteiger partial charge is 0.378 e. The van der Waals surface area contributed by atoms with E-state index in [1.165, 1.54) is 0 Å². The van der Waals surface area contributed by atoms with E-state index < -0.39 is 0 Å². The molecular weight excluding hydrogens is 180 g/mol. The van der Waals surface area contributed by atoms with Crippen LogP contribution in [0.1, 0.15) is 5.69 Å². The fraction of sp³-hybridized carbons (Fsp3) is 0.556. The van der Waals surface area contributed by atoms with E-state index in [1.807, 2.05) is 12.1 Å². The molecule has 2 rings (SSSR count). The lowest BCUT2D eigenvalue weighted by molar-refractivity contribution is 0.122. The van der Waals surface area contributed by atoms with E-state index in [0.29, 0.717) is 6.54 Å². The summed E-state index contributed by atoms with van der Waals surface area (Å²) in [6, 6.07) is 3.87. The Morgan fingerprint density at radius 3 is 2.64 bits per heavy atom. The van der Waals surface area contributed by atoms with Crippen LogP contribution in [0.15, 0.2) is 12.1 Å². The summed E-state index contributed by atoms with van der Waals surface area (Å²) in [5.74, 6) is 0.908. The van der Waals surface area contributed by atoms with E-state index in [9.17, 15) is 0 Å². The highest BCUT2D eigenvalue weighted by Crippen LogP contribution is 2.10. The molecule has 1 aliphatic rings. The van der Waals surface area contributed by atoms with Gasteiger partial charge in [0, 0.05) is 19.6 Å². The highest BCUT2D eigenvalue weighted by molar-refractivity contribution is 5.37. The molecule has 5 nitrogen and oxygen atoms in total. The van der Waals surface area contributed by atoms with Crippen LogP contribution in [-0.4, -0.2) is 36.5 Å². The molecule has 1 saturated heterocycles. The molecule has 2 N–H and O–H groups in total. The molecule has 1 aromatic heterocycles. The first-order valence-electron chi connectivity index (χ1n) is 4.75. The number of anilines is 1. The maximum absolute atomic E-state index is 5.44. The van der Waals surface area contributed by atoms with Gasteiger partial charge in [0.05, 0.1) is 18.9 Å². The minimum atomic E-state index is 0.441. The molecule has 1 aliphatic heterocycles. The molecule has 5 heteroatoms. The van der Waals surface area contributed by atoms with Gasteiger partial charge in [-0.1, -0.05) is 0 Å². The van der Waals surface area contributed by atoms with Crippen molar-refractivity contribution in [2.75, 3.05) is 31.2 Å². The lowest BCUT2D eigenvalue weighted by atomic mass is 10.3. The number of nitrogens with zero attached hydrogens (tertiary/aromatic N) is 3. The Morgan fingerprint density at radius 2 is 2.07 bits per heavy atom. The van der Waals surface area contributed by atoms with Gasteiger partial charge in [-0.05, 0) is 12.1 Å².